The van der Waals surface area contributed by atoms with Crippen LogP contribution in [0.3, 0.4) is 0 Å². The standard InChI is InChI=1S/C38H34O4/c1-25(39)23-41-36-22-32-21-30(28-12-7-4-8-13-28)17-19-34(32)37(38(36)42-24-26(2)40)35-15-9-14-31-20-29(16-18-33(31)35)27-10-5-3-6-11-27/h3-22,25-26,39-40H,23-24H2,1-2H3. The highest BCUT2D eigenvalue weighted by Crippen LogP contribution is 2.47. The number of ether oxygens (including phenoxy) is 2. The molecule has 0 aliphatic heterocycles. The largest absolute Gasteiger partial charge is 0.487 e. The summed E-state index contributed by atoms with van der Waals surface area (Å²) in [4.78, 5) is 0. The van der Waals surface area contributed by atoms with Gasteiger partial charge >= 0.3 is 0 Å². The van der Waals surface area contributed by atoms with Crippen molar-refractivity contribution in [3.63, 3.8) is 0 Å². The van der Waals surface area contributed by atoms with E-state index in [0.29, 0.717) is 11.5 Å². The highest BCUT2D eigenvalue weighted by atomic mass is 16.5. The number of aliphatic hydroxyl groups excluding tert-OH is 2. The number of rotatable bonds is 9. The number of benzene rings is 6. The molecule has 42 heavy (non-hydrogen) atoms. The van der Waals surface area contributed by atoms with Gasteiger partial charge in [-0.05, 0) is 81.4 Å². The highest BCUT2D eigenvalue weighted by Gasteiger charge is 2.21. The maximum Gasteiger partial charge on any atom is 0.169 e. The molecule has 4 nitrogen and oxygen atoms in total. The normalized spacial score (nSPS) is 12.8. The molecule has 2 atom stereocenters. The molecule has 4 heteroatoms. The van der Waals surface area contributed by atoms with Crippen LogP contribution in [0.1, 0.15) is 13.8 Å². The molecule has 0 bridgehead atoms. The second kappa shape index (κ2) is 12.1. The van der Waals surface area contributed by atoms with Crippen molar-refractivity contribution < 1.29 is 19.7 Å². The fourth-order valence-corrected chi connectivity index (χ4v) is 5.42. The van der Waals surface area contributed by atoms with Crippen LogP contribution in [0.5, 0.6) is 11.5 Å². The summed E-state index contributed by atoms with van der Waals surface area (Å²) in [5.41, 5.74) is 6.44. The molecule has 2 unspecified atom stereocenters. The first kappa shape index (κ1) is 27.5. The molecule has 0 radical (unpaired) electrons. The minimum atomic E-state index is -0.667. The summed E-state index contributed by atoms with van der Waals surface area (Å²) in [7, 11) is 0. The van der Waals surface area contributed by atoms with Gasteiger partial charge in [-0.2, -0.15) is 0 Å². The summed E-state index contributed by atoms with van der Waals surface area (Å²) >= 11 is 0. The lowest BCUT2D eigenvalue weighted by molar-refractivity contribution is 0.108. The SMILES string of the molecule is CC(O)COc1cc2cc(-c3ccccc3)ccc2c(-c2cccc3cc(-c4ccccc4)ccc23)c1OCC(C)O. The summed E-state index contributed by atoms with van der Waals surface area (Å²) in [6.45, 7) is 3.62. The van der Waals surface area contributed by atoms with E-state index < -0.39 is 12.2 Å². The van der Waals surface area contributed by atoms with Crippen molar-refractivity contribution in [2.45, 2.75) is 26.1 Å². The van der Waals surface area contributed by atoms with Crippen LogP contribution >= 0.6 is 0 Å². The molecule has 0 heterocycles. The van der Waals surface area contributed by atoms with Crippen molar-refractivity contribution in [3.05, 3.63) is 121 Å². The molecule has 6 aromatic carbocycles. The molecule has 0 saturated carbocycles. The van der Waals surface area contributed by atoms with Crippen molar-refractivity contribution in [1.82, 2.24) is 0 Å². The first-order chi connectivity index (χ1) is 20.5. The molecule has 210 valence electrons. The van der Waals surface area contributed by atoms with E-state index >= 15 is 0 Å². The van der Waals surface area contributed by atoms with Crippen molar-refractivity contribution >= 4 is 21.5 Å². The number of aliphatic hydroxyl groups is 2. The second-order valence-electron chi connectivity index (χ2n) is 10.8. The van der Waals surface area contributed by atoms with Gasteiger partial charge in [0.15, 0.2) is 11.5 Å². The molecule has 6 rings (SSSR count). The van der Waals surface area contributed by atoms with E-state index in [2.05, 4.69) is 91.0 Å². The average molecular weight is 555 g/mol. The highest BCUT2D eigenvalue weighted by molar-refractivity contribution is 6.10. The van der Waals surface area contributed by atoms with Crippen molar-refractivity contribution in [3.8, 4) is 44.9 Å². The zero-order valence-electron chi connectivity index (χ0n) is 23.8. The fourth-order valence-electron chi connectivity index (χ4n) is 5.42. The third-order valence-corrected chi connectivity index (χ3v) is 7.37. The fraction of sp³-hybridized carbons (Fsp3) is 0.158. The van der Waals surface area contributed by atoms with Gasteiger partial charge in [-0.15, -0.1) is 0 Å². The van der Waals surface area contributed by atoms with Gasteiger partial charge in [-0.25, -0.2) is 0 Å². The Morgan fingerprint density at radius 2 is 1.10 bits per heavy atom. The summed E-state index contributed by atoms with van der Waals surface area (Å²) in [5, 5.41) is 24.4. The van der Waals surface area contributed by atoms with Crippen LogP contribution < -0.4 is 9.47 Å². The van der Waals surface area contributed by atoms with Crippen LogP contribution in [0, 0.1) is 0 Å². The van der Waals surface area contributed by atoms with E-state index in [1.807, 2.05) is 30.3 Å². The maximum atomic E-state index is 10.2. The zero-order valence-corrected chi connectivity index (χ0v) is 23.8. The van der Waals surface area contributed by atoms with Crippen molar-refractivity contribution in [1.29, 1.82) is 0 Å². The first-order valence-corrected chi connectivity index (χ1v) is 14.3. The van der Waals surface area contributed by atoms with Crippen molar-refractivity contribution in [2.75, 3.05) is 13.2 Å². The second-order valence-corrected chi connectivity index (χ2v) is 10.8. The average Bonchev–Trinajstić information content (AvgIpc) is 3.02. The van der Waals surface area contributed by atoms with Crippen LogP contribution in [0.4, 0.5) is 0 Å². The van der Waals surface area contributed by atoms with E-state index in [1.165, 1.54) is 0 Å². The van der Waals surface area contributed by atoms with Gasteiger partial charge in [0.1, 0.15) is 13.2 Å². The predicted molar refractivity (Wildman–Crippen MR) is 172 cm³/mol. The molecule has 0 aliphatic carbocycles. The van der Waals surface area contributed by atoms with E-state index in [1.54, 1.807) is 13.8 Å². The molecule has 0 saturated heterocycles. The van der Waals surface area contributed by atoms with E-state index in [9.17, 15) is 10.2 Å². The number of fused-ring (bicyclic) bond motifs is 2. The van der Waals surface area contributed by atoms with Gasteiger partial charge < -0.3 is 19.7 Å². The Kier molecular flexibility index (Phi) is 7.91. The predicted octanol–water partition coefficient (Wildman–Crippen LogP) is 8.51. The summed E-state index contributed by atoms with van der Waals surface area (Å²) in [6, 6.07) is 41.9. The van der Waals surface area contributed by atoms with Gasteiger partial charge in [0.2, 0.25) is 0 Å². The molecule has 0 amide bonds. The van der Waals surface area contributed by atoms with Gasteiger partial charge in [0, 0.05) is 5.56 Å². The molecule has 2 N–H and O–H groups in total. The summed E-state index contributed by atoms with van der Waals surface area (Å²) in [5.74, 6) is 1.08. The van der Waals surface area contributed by atoms with Gasteiger partial charge in [-0.1, -0.05) is 103 Å². The Morgan fingerprint density at radius 1 is 0.524 bits per heavy atom. The monoisotopic (exact) mass is 554 g/mol. The maximum absolute atomic E-state index is 10.2. The minimum absolute atomic E-state index is 0.106. The molecule has 6 aromatic rings. The first-order valence-electron chi connectivity index (χ1n) is 14.3. The van der Waals surface area contributed by atoms with Gasteiger partial charge in [-0.3, -0.25) is 0 Å². The minimum Gasteiger partial charge on any atom is -0.487 e. The quantitative estimate of drug-likeness (QED) is 0.188. The van der Waals surface area contributed by atoms with Crippen LogP contribution in [0.25, 0.3) is 54.9 Å². The Morgan fingerprint density at radius 3 is 1.71 bits per heavy atom. The van der Waals surface area contributed by atoms with Crippen LogP contribution in [0.15, 0.2) is 121 Å². The molecule has 0 aromatic heterocycles. The molecule has 0 fully saturated rings. The third kappa shape index (κ3) is 5.73. The lowest BCUT2D eigenvalue weighted by atomic mass is 9.90. The van der Waals surface area contributed by atoms with Crippen LogP contribution in [0.2, 0.25) is 0 Å². The van der Waals surface area contributed by atoms with Gasteiger partial charge in [0.25, 0.3) is 0 Å². The molecular formula is C38H34O4. The molecule has 0 aliphatic rings. The van der Waals surface area contributed by atoms with E-state index in [4.69, 9.17) is 9.47 Å². The zero-order chi connectivity index (χ0) is 29.1. The smallest absolute Gasteiger partial charge is 0.169 e. The van der Waals surface area contributed by atoms with E-state index in [0.717, 1.165) is 54.9 Å². The lowest BCUT2D eigenvalue weighted by Gasteiger charge is -2.22. The number of hydrogen-bond donors (Lipinski definition) is 2. The Bertz CT molecular complexity index is 1830. The lowest BCUT2D eigenvalue weighted by Crippen LogP contribution is -2.16. The Balaban J connectivity index is 1.61. The van der Waals surface area contributed by atoms with Gasteiger partial charge in [0.05, 0.1) is 12.2 Å². The Hall–Kier alpha value is -4.64. The molecular weight excluding hydrogens is 520 g/mol. The Labute approximate surface area is 246 Å². The van der Waals surface area contributed by atoms with Crippen LogP contribution in [-0.4, -0.2) is 35.6 Å². The third-order valence-electron chi connectivity index (χ3n) is 7.37. The summed E-state index contributed by atoms with van der Waals surface area (Å²) < 4.78 is 12.5. The molecule has 0 spiro atoms. The van der Waals surface area contributed by atoms with Crippen LogP contribution in [-0.2, 0) is 0 Å². The summed E-state index contributed by atoms with van der Waals surface area (Å²) in [6.07, 6.45) is -1.32. The van der Waals surface area contributed by atoms with E-state index in [-0.39, 0.29) is 13.2 Å². The number of hydrogen-bond acceptors (Lipinski definition) is 4. The van der Waals surface area contributed by atoms with Crippen molar-refractivity contribution in [2.24, 2.45) is 0 Å². The topological polar surface area (TPSA) is 58.9 Å².